The molecular weight excluding hydrogens is 326 g/mol. The smallest absolute Gasteiger partial charge is 0.244 e. The number of rotatable bonds is 4. The first-order chi connectivity index (χ1) is 11.6. The molecule has 2 aliphatic rings. The van der Waals surface area contributed by atoms with Crippen LogP contribution in [0.25, 0.3) is 0 Å². The molecule has 0 unspecified atom stereocenters. The molecule has 1 atom stereocenters. The van der Waals surface area contributed by atoms with Gasteiger partial charge in [-0.15, -0.1) is 0 Å². The Morgan fingerprint density at radius 1 is 1.17 bits per heavy atom. The van der Waals surface area contributed by atoms with E-state index in [1.54, 1.807) is 18.3 Å². The molecule has 0 radical (unpaired) electrons. The van der Waals surface area contributed by atoms with E-state index in [9.17, 15) is 13.2 Å². The van der Waals surface area contributed by atoms with Crippen molar-refractivity contribution in [1.82, 2.24) is 14.6 Å². The lowest BCUT2D eigenvalue weighted by atomic mass is 9.93. The third kappa shape index (κ3) is 3.95. The number of sulfonamides is 1. The number of hydrogen-bond donors (Lipinski definition) is 1. The first-order valence-electron chi connectivity index (χ1n) is 8.78. The van der Waals surface area contributed by atoms with Gasteiger partial charge in [0.1, 0.15) is 4.90 Å². The molecule has 1 saturated heterocycles. The van der Waals surface area contributed by atoms with Crippen LogP contribution in [0, 0.1) is 5.92 Å². The summed E-state index contributed by atoms with van der Waals surface area (Å²) in [5.74, 6) is -0.250. The standard InChI is InChI=1S/C17H25N3O3S/c21-17(19-15-7-2-1-3-8-15)14-6-5-11-20(13-14)24(22,23)16-9-4-10-18-12-16/h4,9-10,12,14-15H,1-3,5-8,11,13H2,(H,19,21)/t14-/m0/s1. The van der Waals surface area contributed by atoms with Crippen molar-refractivity contribution in [2.75, 3.05) is 13.1 Å². The third-order valence-corrected chi connectivity index (χ3v) is 6.83. The maximum atomic E-state index is 12.7. The Morgan fingerprint density at radius 2 is 1.96 bits per heavy atom. The first kappa shape index (κ1) is 17.4. The van der Waals surface area contributed by atoms with Crippen LogP contribution in [0.15, 0.2) is 29.4 Å². The maximum Gasteiger partial charge on any atom is 0.244 e. The number of carbonyl (C=O) groups excluding carboxylic acids is 1. The number of aromatic nitrogens is 1. The lowest BCUT2D eigenvalue weighted by Crippen LogP contribution is -2.47. The third-order valence-electron chi connectivity index (χ3n) is 4.98. The van der Waals surface area contributed by atoms with Gasteiger partial charge in [0.25, 0.3) is 0 Å². The number of piperidine rings is 1. The molecule has 0 bridgehead atoms. The predicted octanol–water partition coefficient (Wildman–Crippen LogP) is 1.93. The fraction of sp³-hybridized carbons (Fsp3) is 0.647. The zero-order chi connectivity index (χ0) is 17.0. The molecule has 0 aromatic carbocycles. The largest absolute Gasteiger partial charge is 0.353 e. The van der Waals surface area contributed by atoms with E-state index in [0.29, 0.717) is 13.0 Å². The molecule has 7 heteroatoms. The van der Waals surface area contributed by atoms with E-state index in [1.807, 2.05) is 0 Å². The quantitative estimate of drug-likeness (QED) is 0.899. The fourth-order valence-electron chi connectivity index (χ4n) is 3.59. The van der Waals surface area contributed by atoms with Gasteiger partial charge in [-0.1, -0.05) is 19.3 Å². The Labute approximate surface area is 143 Å². The highest BCUT2D eigenvalue weighted by Crippen LogP contribution is 2.24. The fourth-order valence-corrected chi connectivity index (χ4v) is 5.08. The average Bonchev–Trinajstić information content (AvgIpc) is 2.63. The first-order valence-corrected chi connectivity index (χ1v) is 10.2. The second-order valence-electron chi connectivity index (χ2n) is 6.73. The normalized spacial score (nSPS) is 23.8. The van der Waals surface area contributed by atoms with Crippen LogP contribution in [0.1, 0.15) is 44.9 Å². The number of nitrogens with one attached hydrogen (secondary N) is 1. The van der Waals surface area contributed by atoms with Crippen LogP contribution in [0.3, 0.4) is 0 Å². The molecule has 1 aliphatic heterocycles. The van der Waals surface area contributed by atoms with E-state index >= 15 is 0 Å². The SMILES string of the molecule is O=C(NC1CCCCC1)[C@H]1CCCN(S(=O)(=O)c2cccnc2)C1. The number of pyridine rings is 1. The molecule has 1 N–H and O–H groups in total. The van der Waals surface area contributed by atoms with E-state index in [0.717, 1.165) is 32.1 Å². The molecule has 1 aromatic heterocycles. The van der Waals surface area contributed by atoms with Gasteiger partial charge in [0.2, 0.25) is 15.9 Å². The average molecular weight is 351 g/mol. The summed E-state index contributed by atoms with van der Waals surface area (Å²) in [6.45, 7) is 0.722. The minimum Gasteiger partial charge on any atom is -0.353 e. The highest BCUT2D eigenvalue weighted by Gasteiger charge is 2.34. The summed E-state index contributed by atoms with van der Waals surface area (Å²) in [5.41, 5.74) is 0. The number of nitrogens with zero attached hydrogens (tertiary/aromatic N) is 2. The van der Waals surface area contributed by atoms with Gasteiger partial charge in [0.15, 0.2) is 0 Å². The van der Waals surface area contributed by atoms with Gasteiger partial charge >= 0.3 is 0 Å². The zero-order valence-electron chi connectivity index (χ0n) is 13.9. The zero-order valence-corrected chi connectivity index (χ0v) is 14.7. The molecule has 132 valence electrons. The number of hydrogen-bond acceptors (Lipinski definition) is 4. The van der Waals surface area contributed by atoms with Gasteiger partial charge in [-0.2, -0.15) is 4.31 Å². The van der Waals surface area contributed by atoms with E-state index < -0.39 is 10.0 Å². The second kappa shape index (κ2) is 7.61. The van der Waals surface area contributed by atoms with Crippen molar-refractivity contribution in [2.24, 2.45) is 5.92 Å². The van der Waals surface area contributed by atoms with E-state index in [2.05, 4.69) is 10.3 Å². The van der Waals surface area contributed by atoms with Crippen LogP contribution in [-0.4, -0.2) is 42.7 Å². The van der Waals surface area contributed by atoms with Crippen molar-refractivity contribution in [2.45, 2.75) is 55.9 Å². The van der Waals surface area contributed by atoms with E-state index in [-0.39, 0.29) is 29.3 Å². The summed E-state index contributed by atoms with van der Waals surface area (Å²) in [7, 11) is -3.57. The molecule has 2 fully saturated rings. The van der Waals surface area contributed by atoms with Gasteiger partial charge < -0.3 is 5.32 Å². The number of amides is 1. The van der Waals surface area contributed by atoms with Crippen molar-refractivity contribution in [3.05, 3.63) is 24.5 Å². The second-order valence-corrected chi connectivity index (χ2v) is 8.67. The molecule has 24 heavy (non-hydrogen) atoms. The minimum atomic E-state index is -3.57. The summed E-state index contributed by atoms with van der Waals surface area (Å²) in [6, 6.07) is 3.43. The van der Waals surface area contributed by atoms with Gasteiger partial charge in [-0.3, -0.25) is 9.78 Å². The monoisotopic (exact) mass is 351 g/mol. The summed E-state index contributed by atoms with van der Waals surface area (Å²) < 4.78 is 26.8. The highest BCUT2D eigenvalue weighted by molar-refractivity contribution is 7.89. The molecule has 1 aliphatic carbocycles. The van der Waals surface area contributed by atoms with Crippen LogP contribution in [-0.2, 0) is 14.8 Å². The van der Waals surface area contributed by atoms with Gasteiger partial charge in [0.05, 0.1) is 5.92 Å². The Morgan fingerprint density at radius 3 is 2.67 bits per heavy atom. The van der Waals surface area contributed by atoms with Crippen LogP contribution >= 0.6 is 0 Å². The number of carbonyl (C=O) groups is 1. The summed E-state index contributed by atoms with van der Waals surface area (Å²) in [6.07, 6.45) is 10.0. The van der Waals surface area contributed by atoms with Crippen molar-refractivity contribution in [1.29, 1.82) is 0 Å². The molecule has 3 rings (SSSR count). The lowest BCUT2D eigenvalue weighted by molar-refractivity contribution is -0.127. The molecule has 6 nitrogen and oxygen atoms in total. The van der Waals surface area contributed by atoms with Gasteiger partial charge in [-0.05, 0) is 37.8 Å². The Hall–Kier alpha value is -1.47. The Kier molecular flexibility index (Phi) is 5.50. The van der Waals surface area contributed by atoms with Crippen molar-refractivity contribution in [3.63, 3.8) is 0 Å². The topological polar surface area (TPSA) is 79.4 Å². The van der Waals surface area contributed by atoms with Crippen molar-refractivity contribution < 1.29 is 13.2 Å². The summed E-state index contributed by atoms with van der Waals surface area (Å²) in [4.78, 5) is 16.6. The van der Waals surface area contributed by atoms with Gasteiger partial charge in [0, 0.05) is 31.5 Å². The van der Waals surface area contributed by atoms with E-state index in [1.165, 1.54) is 16.9 Å². The maximum absolute atomic E-state index is 12.7. The Bertz CT molecular complexity index is 657. The summed E-state index contributed by atoms with van der Waals surface area (Å²) >= 11 is 0. The predicted molar refractivity (Wildman–Crippen MR) is 90.7 cm³/mol. The highest BCUT2D eigenvalue weighted by atomic mass is 32.2. The minimum absolute atomic E-state index is 0.00740. The lowest BCUT2D eigenvalue weighted by Gasteiger charge is -2.32. The van der Waals surface area contributed by atoms with Crippen molar-refractivity contribution >= 4 is 15.9 Å². The molecule has 2 heterocycles. The summed E-state index contributed by atoms with van der Waals surface area (Å²) in [5, 5.41) is 3.13. The molecule has 0 spiro atoms. The molecule has 1 saturated carbocycles. The molecule has 1 aromatic rings. The van der Waals surface area contributed by atoms with Crippen LogP contribution < -0.4 is 5.32 Å². The molecule has 1 amide bonds. The van der Waals surface area contributed by atoms with Gasteiger partial charge in [-0.25, -0.2) is 8.42 Å². The Balaban J connectivity index is 1.64. The van der Waals surface area contributed by atoms with Crippen LogP contribution in [0.4, 0.5) is 0 Å². The molecular formula is C17H25N3O3S. The van der Waals surface area contributed by atoms with Crippen LogP contribution in [0.2, 0.25) is 0 Å². The van der Waals surface area contributed by atoms with Crippen LogP contribution in [0.5, 0.6) is 0 Å². The van der Waals surface area contributed by atoms with E-state index in [4.69, 9.17) is 0 Å². The van der Waals surface area contributed by atoms with Crippen molar-refractivity contribution in [3.8, 4) is 0 Å².